The van der Waals surface area contributed by atoms with Gasteiger partial charge in [0.25, 0.3) is 6.01 Å². The molecule has 180 valence electrons. The van der Waals surface area contributed by atoms with Crippen molar-refractivity contribution < 1.29 is 29.0 Å². The molecule has 0 aliphatic rings. The summed E-state index contributed by atoms with van der Waals surface area (Å²) in [6.45, 7) is 7.17. The molecule has 0 saturated heterocycles. The molecule has 0 spiro atoms. The minimum Gasteiger partial charge on any atom is -0.508 e. The summed E-state index contributed by atoms with van der Waals surface area (Å²) in [6, 6.07) is 8.13. The Kier molecular flexibility index (Phi) is 7.09. The first-order valence-electron chi connectivity index (χ1n) is 10.6. The second-order valence-corrected chi connectivity index (χ2v) is 8.86. The molecule has 34 heavy (non-hydrogen) atoms. The number of rotatable bonds is 7. The summed E-state index contributed by atoms with van der Waals surface area (Å²) in [7, 11) is 0. The van der Waals surface area contributed by atoms with Crippen LogP contribution in [0.1, 0.15) is 37.5 Å². The molecule has 0 unspecified atom stereocenters. The van der Waals surface area contributed by atoms with Crippen molar-refractivity contribution >= 4 is 29.0 Å². The van der Waals surface area contributed by atoms with Crippen molar-refractivity contribution in [2.75, 3.05) is 5.32 Å². The van der Waals surface area contributed by atoms with Gasteiger partial charge in [-0.1, -0.05) is 12.1 Å². The second-order valence-electron chi connectivity index (χ2n) is 8.86. The predicted octanol–water partition coefficient (Wildman–Crippen LogP) is 3.33. The first-order chi connectivity index (χ1) is 15.9. The Labute approximate surface area is 195 Å². The number of benzene rings is 2. The summed E-state index contributed by atoms with van der Waals surface area (Å²) in [4.78, 5) is 40.4. The van der Waals surface area contributed by atoms with E-state index in [4.69, 9.17) is 9.15 Å². The average molecular weight is 469 g/mol. The number of nitrogens with zero attached hydrogens (tertiary/aromatic N) is 1. The number of hydrogen-bond acceptors (Lipinski definition) is 8. The summed E-state index contributed by atoms with van der Waals surface area (Å²) in [5.74, 6) is -1.07. The number of alkyl carbamates (subject to hydrolysis) is 1. The van der Waals surface area contributed by atoms with Gasteiger partial charge in [0.05, 0.1) is 10.9 Å². The van der Waals surface area contributed by atoms with Gasteiger partial charge < -0.3 is 30.0 Å². The number of fused-ring (bicyclic) bond motifs is 1. The van der Waals surface area contributed by atoms with Crippen molar-refractivity contribution in [2.45, 2.75) is 52.3 Å². The van der Waals surface area contributed by atoms with Gasteiger partial charge in [-0.05, 0) is 68.7 Å². The fourth-order valence-electron chi connectivity index (χ4n) is 3.26. The number of aromatic nitrogens is 1. The van der Waals surface area contributed by atoms with Crippen molar-refractivity contribution in [3.8, 4) is 5.75 Å². The van der Waals surface area contributed by atoms with Crippen LogP contribution < -0.4 is 16.3 Å². The summed E-state index contributed by atoms with van der Waals surface area (Å²) in [6.07, 6.45) is -0.499. The Morgan fingerprint density at radius 1 is 1.18 bits per heavy atom. The van der Waals surface area contributed by atoms with E-state index in [1.807, 2.05) is 0 Å². The molecule has 0 fully saturated rings. The quantitative estimate of drug-likeness (QED) is 0.408. The number of carboxylic acids is 1. The van der Waals surface area contributed by atoms with Gasteiger partial charge in [0.1, 0.15) is 17.4 Å². The SMILES string of the molecule is Cc1cc(O)ccc1C[C@H](Nc1nc2ccc(CNC(=O)OC(C)(C)C)cc2c(=O)o1)C(=O)O. The largest absolute Gasteiger partial charge is 0.508 e. The van der Waals surface area contributed by atoms with E-state index in [1.165, 1.54) is 12.1 Å². The average Bonchev–Trinajstić information content (AvgIpc) is 2.72. The predicted molar refractivity (Wildman–Crippen MR) is 125 cm³/mol. The molecule has 3 rings (SSSR count). The van der Waals surface area contributed by atoms with Gasteiger partial charge in [0, 0.05) is 13.0 Å². The molecule has 1 heterocycles. The Hall–Kier alpha value is -4.08. The molecule has 10 heteroatoms. The van der Waals surface area contributed by atoms with Gasteiger partial charge in [-0.3, -0.25) is 0 Å². The van der Waals surface area contributed by atoms with Gasteiger partial charge in [-0.2, -0.15) is 4.98 Å². The lowest BCUT2D eigenvalue weighted by atomic mass is 10.0. The minimum atomic E-state index is -1.15. The number of aromatic hydroxyl groups is 1. The normalized spacial score (nSPS) is 12.2. The van der Waals surface area contributed by atoms with E-state index < -0.39 is 29.3 Å². The number of phenols is 1. The molecule has 1 amide bonds. The van der Waals surface area contributed by atoms with E-state index in [9.17, 15) is 24.6 Å². The molecule has 0 saturated carbocycles. The molecule has 3 aromatic rings. The van der Waals surface area contributed by atoms with Crippen LogP contribution in [-0.2, 0) is 22.5 Å². The van der Waals surface area contributed by atoms with E-state index in [0.717, 1.165) is 5.56 Å². The molecular weight excluding hydrogens is 442 g/mol. The summed E-state index contributed by atoms with van der Waals surface area (Å²) < 4.78 is 10.4. The Balaban J connectivity index is 1.77. The molecule has 0 aliphatic heterocycles. The van der Waals surface area contributed by atoms with E-state index in [-0.39, 0.29) is 30.1 Å². The molecule has 10 nitrogen and oxygen atoms in total. The molecule has 0 radical (unpaired) electrons. The number of hydrogen-bond donors (Lipinski definition) is 4. The number of ether oxygens (including phenoxy) is 1. The maximum atomic E-state index is 12.5. The third-order valence-corrected chi connectivity index (χ3v) is 4.87. The van der Waals surface area contributed by atoms with E-state index >= 15 is 0 Å². The van der Waals surface area contributed by atoms with Gasteiger partial charge in [-0.25, -0.2) is 14.4 Å². The Morgan fingerprint density at radius 3 is 2.56 bits per heavy atom. The Bertz CT molecular complexity index is 1280. The van der Waals surface area contributed by atoms with Crippen molar-refractivity contribution in [1.82, 2.24) is 10.3 Å². The number of nitrogens with one attached hydrogen (secondary N) is 2. The van der Waals surface area contributed by atoms with Crippen LogP contribution in [0.15, 0.2) is 45.6 Å². The zero-order chi connectivity index (χ0) is 25.0. The van der Waals surface area contributed by atoms with Crippen LogP contribution in [-0.4, -0.2) is 38.9 Å². The molecule has 0 bridgehead atoms. The third-order valence-electron chi connectivity index (χ3n) is 4.87. The number of aryl methyl sites for hydroxylation is 1. The number of aliphatic carboxylic acids is 1. The lowest BCUT2D eigenvalue weighted by molar-refractivity contribution is -0.137. The van der Waals surface area contributed by atoms with Crippen molar-refractivity contribution in [2.24, 2.45) is 0 Å². The topological polar surface area (TPSA) is 151 Å². The smallest absolute Gasteiger partial charge is 0.407 e. The maximum absolute atomic E-state index is 12.5. The fraction of sp³-hybridized carbons (Fsp3) is 0.333. The highest BCUT2D eigenvalue weighted by Gasteiger charge is 2.21. The van der Waals surface area contributed by atoms with Crippen molar-refractivity contribution in [1.29, 1.82) is 0 Å². The van der Waals surface area contributed by atoms with Gasteiger partial charge in [0.2, 0.25) is 0 Å². The van der Waals surface area contributed by atoms with Crippen molar-refractivity contribution in [3.05, 3.63) is 63.5 Å². The van der Waals surface area contributed by atoms with Gasteiger partial charge in [0.15, 0.2) is 0 Å². The van der Waals surface area contributed by atoms with Gasteiger partial charge >= 0.3 is 17.7 Å². The lowest BCUT2D eigenvalue weighted by Gasteiger charge is -2.19. The molecule has 4 N–H and O–H groups in total. The number of phenolic OH excluding ortho intramolecular Hbond substituents is 1. The first-order valence-corrected chi connectivity index (χ1v) is 10.6. The van der Waals surface area contributed by atoms with Crippen LogP contribution in [0.4, 0.5) is 10.8 Å². The lowest BCUT2D eigenvalue weighted by Crippen LogP contribution is -2.32. The highest BCUT2D eigenvalue weighted by molar-refractivity contribution is 5.80. The summed E-state index contributed by atoms with van der Waals surface area (Å²) in [5, 5.41) is 24.7. The van der Waals surface area contributed by atoms with Crippen LogP contribution in [0.3, 0.4) is 0 Å². The molecule has 2 aromatic carbocycles. The van der Waals surface area contributed by atoms with Crippen molar-refractivity contribution in [3.63, 3.8) is 0 Å². The van der Waals surface area contributed by atoms with Crippen LogP contribution in [0, 0.1) is 6.92 Å². The highest BCUT2D eigenvalue weighted by Crippen LogP contribution is 2.19. The van der Waals surface area contributed by atoms with E-state index in [0.29, 0.717) is 16.6 Å². The number of amides is 1. The highest BCUT2D eigenvalue weighted by atomic mass is 16.6. The summed E-state index contributed by atoms with van der Waals surface area (Å²) in [5.41, 5.74) is 1.06. The molecular formula is C24H27N3O7. The monoisotopic (exact) mass is 469 g/mol. The summed E-state index contributed by atoms with van der Waals surface area (Å²) >= 11 is 0. The minimum absolute atomic E-state index is 0.0835. The van der Waals surface area contributed by atoms with Crippen LogP contribution in [0.5, 0.6) is 5.75 Å². The second kappa shape index (κ2) is 9.82. The Morgan fingerprint density at radius 2 is 1.91 bits per heavy atom. The molecule has 0 aliphatic carbocycles. The third kappa shape index (κ3) is 6.47. The number of carboxylic acid groups (broad SMARTS) is 1. The number of anilines is 1. The molecule has 1 aromatic heterocycles. The molecule has 1 atom stereocenters. The zero-order valence-corrected chi connectivity index (χ0v) is 19.3. The maximum Gasteiger partial charge on any atom is 0.407 e. The van der Waals surface area contributed by atoms with Crippen LogP contribution >= 0.6 is 0 Å². The van der Waals surface area contributed by atoms with Gasteiger partial charge in [-0.15, -0.1) is 0 Å². The zero-order valence-electron chi connectivity index (χ0n) is 19.3. The van der Waals surface area contributed by atoms with E-state index in [1.54, 1.807) is 52.0 Å². The van der Waals surface area contributed by atoms with Crippen LogP contribution in [0.25, 0.3) is 10.9 Å². The standard InChI is InChI=1S/C24H27N3O7/c1-13-9-16(28)7-6-15(13)11-19(20(29)30)27-22-26-18-8-5-14(10-17(18)21(31)33-22)12-25-23(32)34-24(2,3)4/h5-10,19,28H,11-12H2,1-4H3,(H,25,32)(H,26,27)(H,29,30)/t19-/m0/s1. The number of carbonyl (C=O) groups excluding carboxylic acids is 1. The fourth-order valence-corrected chi connectivity index (χ4v) is 3.26. The number of carbonyl (C=O) groups is 2. The van der Waals surface area contributed by atoms with E-state index in [2.05, 4.69) is 15.6 Å². The van der Waals surface area contributed by atoms with Crippen LogP contribution in [0.2, 0.25) is 0 Å². The first kappa shape index (κ1) is 24.6.